The number of methoxy groups -OCH3 is 1. The summed E-state index contributed by atoms with van der Waals surface area (Å²) in [6.45, 7) is 9.65. The van der Waals surface area contributed by atoms with Gasteiger partial charge >= 0.3 is 18.0 Å². The molecule has 2 N–H and O–H groups in total. The van der Waals surface area contributed by atoms with Gasteiger partial charge in [-0.15, -0.1) is 0 Å². The number of esters is 2. The summed E-state index contributed by atoms with van der Waals surface area (Å²) in [4.78, 5) is 39.5. The monoisotopic (exact) mass is 501 g/mol. The highest BCUT2D eigenvalue weighted by Gasteiger charge is 2.32. The van der Waals surface area contributed by atoms with Gasteiger partial charge in [-0.05, 0) is 65.1 Å². The van der Waals surface area contributed by atoms with Crippen LogP contribution in [0.4, 0.5) is 10.5 Å². The molecule has 9 nitrogen and oxygen atoms in total. The molecule has 36 heavy (non-hydrogen) atoms. The molecule has 0 radical (unpaired) electrons. The number of amides is 2. The maximum Gasteiger partial charge on any atom is 0.341 e. The van der Waals surface area contributed by atoms with Crippen LogP contribution < -0.4 is 15.4 Å². The second-order valence-corrected chi connectivity index (χ2v) is 9.30. The number of nitrogens with one attached hydrogen (secondary N) is 2. The predicted molar refractivity (Wildman–Crippen MR) is 137 cm³/mol. The minimum absolute atomic E-state index is 0.148. The van der Waals surface area contributed by atoms with Gasteiger partial charge in [0.15, 0.2) is 0 Å². The molecule has 0 bridgehead atoms. The van der Waals surface area contributed by atoms with Gasteiger partial charge in [-0.25, -0.2) is 9.59 Å². The van der Waals surface area contributed by atoms with Crippen LogP contribution in [0, 0.1) is 6.92 Å². The zero-order chi connectivity index (χ0) is 26.1. The molecule has 0 atom stereocenters. The van der Waals surface area contributed by atoms with Crippen molar-refractivity contribution in [2.45, 2.75) is 65.9 Å². The number of fused-ring (bicyclic) bond motifs is 1. The second kappa shape index (κ2) is 13.3. The molecule has 2 heterocycles. The SMILES string of the molecule is CCNC(=O)Nc1c(C/C=C(\C)CCC(=O)OCCN2CCCCC2)c(OC)c(C)c2c1C(=O)OC2. The van der Waals surface area contributed by atoms with Crippen molar-refractivity contribution in [1.29, 1.82) is 0 Å². The number of hydrogen-bond acceptors (Lipinski definition) is 7. The number of rotatable bonds is 11. The van der Waals surface area contributed by atoms with Crippen LogP contribution in [0.25, 0.3) is 0 Å². The number of anilines is 1. The van der Waals surface area contributed by atoms with Gasteiger partial charge in [-0.2, -0.15) is 0 Å². The molecule has 3 rings (SSSR count). The topological polar surface area (TPSA) is 106 Å². The molecule has 2 aliphatic heterocycles. The predicted octanol–water partition coefficient (Wildman–Crippen LogP) is 4.11. The molecule has 1 saturated heterocycles. The minimum Gasteiger partial charge on any atom is -0.496 e. The Morgan fingerprint density at radius 2 is 1.92 bits per heavy atom. The van der Waals surface area contributed by atoms with Crippen LogP contribution in [0.1, 0.15) is 73.0 Å². The zero-order valence-corrected chi connectivity index (χ0v) is 22.0. The van der Waals surface area contributed by atoms with E-state index >= 15 is 0 Å². The lowest BCUT2D eigenvalue weighted by atomic mass is 9.93. The van der Waals surface area contributed by atoms with Crippen LogP contribution >= 0.6 is 0 Å². The number of benzene rings is 1. The van der Waals surface area contributed by atoms with E-state index in [2.05, 4.69) is 15.5 Å². The van der Waals surface area contributed by atoms with Crippen LogP contribution in [0.2, 0.25) is 0 Å². The van der Waals surface area contributed by atoms with Crippen molar-refractivity contribution < 1.29 is 28.6 Å². The van der Waals surface area contributed by atoms with Crippen LogP contribution in [0.5, 0.6) is 5.75 Å². The summed E-state index contributed by atoms with van der Waals surface area (Å²) in [6.07, 6.45) is 7.00. The summed E-state index contributed by atoms with van der Waals surface area (Å²) in [5.41, 5.74) is 4.02. The summed E-state index contributed by atoms with van der Waals surface area (Å²) in [5.74, 6) is -0.0520. The smallest absolute Gasteiger partial charge is 0.341 e. The number of nitrogens with zero attached hydrogens (tertiary/aromatic N) is 1. The zero-order valence-electron chi connectivity index (χ0n) is 22.0. The van der Waals surface area contributed by atoms with E-state index < -0.39 is 12.0 Å². The Hall–Kier alpha value is -3.07. The van der Waals surface area contributed by atoms with Gasteiger partial charge in [0.05, 0.1) is 18.4 Å². The summed E-state index contributed by atoms with van der Waals surface area (Å²) < 4.78 is 16.4. The maximum absolute atomic E-state index is 12.5. The van der Waals surface area contributed by atoms with Crippen molar-refractivity contribution in [2.75, 3.05) is 45.2 Å². The van der Waals surface area contributed by atoms with Gasteiger partial charge in [-0.1, -0.05) is 18.1 Å². The number of piperidine rings is 1. The summed E-state index contributed by atoms with van der Waals surface area (Å²) in [6, 6.07) is -0.403. The average molecular weight is 502 g/mol. The quantitative estimate of drug-likeness (QED) is 0.347. The van der Waals surface area contributed by atoms with Crippen LogP contribution in [-0.4, -0.2) is 62.8 Å². The van der Waals surface area contributed by atoms with Gasteiger partial charge in [0, 0.05) is 30.6 Å². The molecule has 1 aromatic carbocycles. The first-order valence-corrected chi connectivity index (χ1v) is 12.8. The van der Waals surface area contributed by atoms with Crippen molar-refractivity contribution in [2.24, 2.45) is 0 Å². The largest absolute Gasteiger partial charge is 0.496 e. The molecule has 2 aliphatic rings. The summed E-state index contributed by atoms with van der Waals surface area (Å²) in [7, 11) is 1.57. The molecule has 0 aliphatic carbocycles. The van der Waals surface area contributed by atoms with Crippen molar-refractivity contribution in [3.8, 4) is 5.75 Å². The molecule has 1 fully saturated rings. The third kappa shape index (κ3) is 7.00. The van der Waals surface area contributed by atoms with E-state index in [0.717, 1.165) is 36.3 Å². The summed E-state index contributed by atoms with van der Waals surface area (Å²) >= 11 is 0. The first-order valence-electron chi connectivity index (χ1n) is 12.8. The van der Waals surface area contributed by atoms with Crippen molar-refractivity contribution in [3.63, 3.8) is 0 Å². The number of carbonyl (C=O) groups excluding carboxylic acids is 3. The number of urea groups is 1. The lowest BCUT2D eigenvalue weighted by Gasteiger charge is -2.25. The third-order valence-corrected chi connectivity index (χ3v) is 6.75. The Labute approximate surface area is 213 Å². The fraction of sp³-hybridized carbons (Fsp3) is 0.593. The van der Waals surface area contributed by atoms with Gasteiger partial charge in [0.1, 0.15) is 19.0 Å². The van der Waals surface area contributed by atoms with E-state index in [-0.39, 0.29) is 12.6 Å². The number of hydrogen-bond donors (Lipinski definition) is 2. The summed E-state index contributed by atoms with van der Waals surface area (Å²) in [5, 5.41) is 5.53. The molecule has 0 unspecified atom stereocenters. The molecule has 9 heteroatoms. The van der Waals surface area contributed by atoms with Gasteiger partial charge < -0.3 is 24.8 Å². The number of ether oxygens (including phenoxy) is 3. The highest BCUT2D eigenvalue weighted by atomic mass is 16.5. The van der Waals surface area contributed by atoms with Gasteiger partial charge in [0.2, 0.25) is 0 Å². The van der Waals surface area contributed by atoms with Gasteiger partial charge in [0.25, 0.3) is 0 Å². The van der Waals surface area contributed by atoms with E-state index in [1.165, 1.54) is 19.3 Å². The van der Waals surface area contributed by atoms with Crippen molar-refractivity contribution in [1.82, 2.24) is 10.2 Å². The first-order chi connectivity index (χ1) is 17.3. The van der Waals surface area contributed by atoms with E-state index in [0.29, 0.717) is 55.0 Å². The van der Waals surface area contributed by atoms with Crippen LogP contribution in [0.15, 0.2) is 11.6 Å². The molecule has 2 amide bonds. The third-order valence-electron chi connectivity index (χ3n) is 6.75. The van der Waals surface area contributed by atoms with Gasteiger partial charge in [-0.3, -0.25) is 9.69 Å². The Balaban J connectivity index is 1.67. The first kappa shape index (κ1) is 27.5. The van der Waals surface area contributed by atoms with E-state index in [4.69, 9.17) is 14.2 Å². The average Bonchev–Trinajstić information content (AvgIpc) is 3.26. The second-order valence-electron chi connectivity index (χ2n) is 9.30. The number of cyclic esters (lactones) is 1. The fourth-order valence-corrected chi connectivity index (χ4v) is 4.73. The van der Waals surface area contributed by atoms with E-state index in [1.54, 1.807) is 7.11 Å². The number of carbonyl (C=O) groups is 3. The Morgan fingerprint density at radius 3 is 2.61 bits per heavy atom. The molecular formula is C27H39N3O6. The maximum atomic E-state index is 12.5. The van der Waals surface area contributed by atoms with E-state index in [9.17, 15) is 14.4 Å². The van der Waals surface area contributed by atoms with Crippen molar-refractivity contribution in [3.05, 3.63) is 33.9 Å². The molecule has 198 valence electrons. The van der Waals surface area contributed by atoms with Crippen LogP contribution in [-0.2, 0) is 27.3 Å². The number of allylic oxidation sites excluding steroid dienone is 2. The van der Waals surface area contributed by atoms with Crippen LogP contribution in [0.3, 0.4) is 0 Å². The Bertz CT molecular complexity index is 998. The molecule has 0 aromatic heterocycles. The fourth-order valence-electron chi connectivity index (χ4n) is 4.73. The lowest BCUT2D eigenvalue weighted by molar-refractivity contribution is -0.144. The standard InChI is InChI=1S/C27H39N3O6/c1-5-28-27(33)29-24-20(25(34-4)19(3)21-17-36-26(32)23(21)24)11-9-18(2)10-12-22(31)35-16-15-30-13-7-6-8-14-30/h9H,5-8,10-17H2,1-4H3,(H2,28,29,33)/b18-9+. The number of likely N-dealkylation sites (tertiary alicyclic amines) is 1. The van der Waals surface area contributed by atoms with E-state index in [1.807, 2.05) is 26.8 Å². The molecule has 1 aromatic rings. The Kier molecular flexibility index (Phi) is 10.2. The Morgan fingerprint density at radius 1 is 1.17 bits per heavy atom. The normalized spacial score (nSPS) is 15.8. The highest BCUT2D eigenvalue weighted by Crippen LogP contribution is 2.41. The molecular weight excluding hydrogens is 462 g/mol. The molecule has 0 saturated carbocycles. The lowest BCUT2D eigenvalue weighted by Crippen LogP contribution is -2.33. The highest BCUT2D eigenvalue weighted by molar-refractivity contribution is 6.05. The minimum atomic E-state index is -0.461. The van der Waals surface area contributed by atoms with Crippen molar-refractivity contribution >= 4 is 23.7 Å². The molecule has 0 spiro atoms.